The summed E-state index contributed by atoms with van der Waals surface area (Å²) in [5.41, 5.74) is 2.85. The van der Waals surface area contributed by atoms with Crippen LogP contribution in [0.1, 0.15) is 11.3 Å². The zero-order chi connectivity index (χ0) is 15.5. The first-order chi connectivity index (χ1) is 10.6. The molecular formula is C15H13N3O2S2. The number of thiazole rings is 1. The Morgan fingerprint density at radius 2 is 2.18 bits per heavy atom. The number of thioether (sulfide) groups is 1. The summed E-state index contributed by atoms with van der Waals surface area (Å²) in [6.45, 7) is 2.05. The molecule has 1 aromatic carbocycles. The molecule has 5 nitrogen and oxygen atoms in total. The quantitative estimate of drug-likeness (QED) is 0.567. The first-order valence-corrected chi connectivity index (χ1v) is 8.41. The van der Waals surface area contributed by atoms with Gasteiger partial charge in [-0.25, -0.2) is 4.98 Å². The van der Waals surface area contributed by atoms with Gasteiger partial charge in [-0.2, -0.15) is 4.98 Å². The van der Waals surface area contributed by atoms with E-state index in [9.17, 15) is 9.90 Å². The standard InChI is InChI=1S/C15H13N3O2S2/c1-9-3-2-4-10(5-9)14-16-11(7-21-14)8-22-15-17-12(19)6-13(20)18-15/h2-7H,8H2,1H3,(H2,17,18,19,20). The van der Waals surface area contributed by atoms with Crippen LogP contribution in [0.5, 0.6) is 5.88 Å². The zero-order valence-corrected chi connectivity index (χ0v) is 13.4. The molecule has 0 bridgehead atoms. The number of rotatable bonds is 4. The third-order valence-electron chi connectivity index (χ3n) is 2.88. The van der Waals surface area contributed by atoms with Crippen LogP contribution in [0.15, 0.2) is 45.7 Å². The summed E-state index contributed by atoms with van der Waals surface area (Å²) in [7, 11) is 0. The fourth-order valence-corrected chi connectivity index (χ4v) is 3.60. The first-order valence-electron chi connectivity index (χ1n) is 6.55. The Hall–Kier alpha value is -2.12. The zero-order valence-electron chi connectivity index (χ0n) is 11.7. The summed E-state index contributed by atoms with van der Waals surface area (Å²) >= 11 is 2.92. The average molecular weight is 331 g/mol. The number of hydrogen-bond donors (Lipinski definition) is 2. The maximum Gasteiger partial charge on any atom is 0.255 e. The lowest BCUT2D eigenvalue weighted by Gasteiger charge is -1.99. The van der Waals surface area contributed by atoms with E-state index < -0.39 is 0 Å². The average Bonchev–Trinajstić information content (AvgIpc) is 2.93. The molecule has 2 heterocycles. The van der Waals surface area contributed by atoms with E-state index in [1.54, 1.807) is 11.3 Å². The van der Waals surface area contributed by atoms with Crippen molar-refractivity contribution in [2.45, 2.75) is 17.8 Å². The van der Waals surface area contributed by atoms with E-state index in [2.05, 4.69) is 34.0 Å². The van der Waals surface area contributed by atoms with Crippen LogP contribution >= 0.6 is 23.1 Å². The van der Waals surface area contributed by atoms with Crippen LogP contribution in [0.2, 0.25) is 0 Å². The van der Waals surface area contributed by atoms with E-state index in [0.717, 1.165) is 22.3 Å². The number of nitrogens with one attached hydrogen (secondary N) is 1. The molecule has 0 saturated carbocycles. The van der Waals surface area contributed by atoms with E-state index in [4.69, 9.17) is 0 Å². The van der Waals surface area contributed by atoms with Crippen molar-refractivity contribution >= 4 is 23.1 Å². The van der Waals surface area contributed by atoms with E-state index in [1.807, 2.05) is 17.5 Å². The first kappa shape index (κ1) is 14.8. The Bertz CT molecular complexity index is 858. The predicted molar refractivity (Wildman–Crippen MR) is 88.4 cm³/mol. The van der Waals surface area contributed by atoms with E-state index >= 15 is 0 Å². The van der Waals surface area contributed by atoms with E-state index in [0.29, 0.717) is 10.9 Å². The topological polar surface area (TPSA) is 78.9 Å². The van der Waals surface area contributed by atoms with Gasteiger partial charge in [0, 0.05) is 16.7 Å². The van der Waals surface area contributed by atoms with Gasteiger partial charge in [0.05, 0.1) is 11.8 Å². The van der Waals surface area contributed by atoms with Gasteiger partial charge < -0.3 is 10.1 Å². The molecule has 22 heavy (non-hydrogen) atoms. The van der Waals surface area contributed by atoms with E-state index in [1.165, 1.54) is 17.3 Å². The van der Waals surface area contributed by atoms with Crippen LogP contribution < -0.4 is 5.56 Å². The van der Waals surface area contributed by atoms with Gasteiger partial charge in [0.1, 0.15) is 5.01 Å². The Balaban J connectivity index is 1.73. The number of aryl methyl sites for hydroxylation is 1. The molecular weight excluding hydrogens is 318 g/mol. The molecule has 0 aliphatic heterocycles. The second-order valence-corrected chi connectivity index (χ2v) is 6.53. The molecule has 0 radical (unpaired) electrons. The summed E-state index contributed by atoms with van der Waals surface area (Å²) in [6, 6.07) is 9.25. The lowest BCUT2D eigenvalue weighted by atomic mass is 10.1. The molecule has 0 aliphatic rings. The van der Waals surface area contributed by atoms with Gasteiger partial charge in [0.25, 0.3) is 5.56 Å². The Morgan fingerprint density at radius 1 is 1.32 bits per heavy atom. The van der Waals surface area contributed by atoms with Gasteiger partial charge in [-0.15, -0.1) is 11.3 Å². The molecule has 0 amide bonds. The Kier molecular flexibility index (Phi) is 4.26. The molecule has 0 saturated heterocycles. The highest BCUT2D eigenvalue weighted by Crippen LogP contribution is 2.27. The molecule has 3 rings (SSSR count). The predicted octanol–water partition coefficient (Wildman–Crippen LogP) is 3.20. The van der Waals surface area contributed by atoms with Crippen molar-refractivity contribution in [2.75, 3.05) is 0 Å². The maximum absolute atomic E-state index is 11.3. The molecule has 0 fully saturated rings. The van der Waals surface area contributed by atoms with Crippen molar-refractivity contribution in [2.24, 2.45) is 0 Å². The van der Waals surface area contributed by atoms with Crippen molar-refractivity contribution in [1.82, 2.24) is 15.0 Å². The summed E-state index contributed by atoms with van der Waals surface area (Å²) < 4.78 is 0. The third-order valence-corrected chi connectivity index (χ3v) is 4.73. The number of benzene rings is 1. The number of aromatic hydroxyl groups is 1. The van der Waals surface area contributed by atoms with Crippen LogP contribution in [-0.4, -0.2) is 20.1 Å². The van der Waals surface area contributed by atoms with Crippen LogP contribution in [-0.2, 0) is 5.75 Å². The number of aromatic nitrogens is 3. The molecule has 2 N–H and O–H groups in total. The van der Waals surface area contributed by atoms with Crippen LogP contribution in [0.4, 0.5) is 0 Å². The minimum absolute atomic E-state index is 0.273. The molecule has 2 aromatic heterocycles. The number of H-pyrrole nitrogens is 1. The van der Waals surface area contributed by atoms with Crippen molar-refractivity contribution in [3.63, 3.8) is 0 Å². The second-order valence-electron chi connectivity index (χ2n) is 4.71. The molecule has 0 aliphatic carbocycles. The summed E-state index contributed by atoms with van der Waals surface area (Å²) in [6.07, 6.45) is 0. The fourth-order valence-electron chi connectivity index (χ4n) is 1.92. The number of hydrogen-bond acceptors (Lipinski definition) is 6. The molecule has 0 atom stereocenters. The Morgan fingerprint density at radius 3 is 2.95 bits per heavy atom. The number of nitrogens with zero attached hydrogens (tertiary/aromatic N) is 2. The summed E-state index contributed by atoms with van der Waals surface area (Å²) in [4.78, 5) is 22.3. The third kappa shape index (κ3) is 3.55. The monoisotopic (exact) mass is 331 g/mol. The van der Waals surface area contributed by atoms with Gasteiger partial charge in [-0.05, 0) is 13.0 Å². The van der Waals surface area contributed by atoms with Crippen molar-refractivity contribution < 1.29 is 5.11 Å². The SMILES string of the molecule is Cc1cccc(-c2nc(CSc3nc(O)cc(=O)[nH]3)cs2)c1. The highest BCUT2D eigenvalue weighted by Gasteiger charge is 2.07. The van der Waals surface area contributed by atoms with E-state index in [-0.39, 0.29) is 11.4 Å². The van der Waals surface area contributed by atoms with Crippen LogP contribution in [0.25, 0.3) is 10.6 Å². The molecule has 3 aromatic rings. The summed E-state index contributed by atoms with van der Waals surface area (Å²) in [5, 5.41) is 12.7. The maximum atomic E-state index is 11.3. The Labute approximate surface area is 135 Å². The smallest absolute Gasteiger partial charge is 0.255 e. The minimum atomic E-state index is -0.367. The highest BCUT2D eigenvalue weighted by atomic mass is 32.2. The van der Waals surface area contributed by atoms with Crippen molar-refractivity contribution in [3.05, 3.63) is 57.3 Å². The second kappa shape index (κ2) is 6.33. The van der Waals surface area contributed by atoms with Gasteiger partial charge >= 0.3 is 0 Å². The highest BCUT2D eigenvalue weighted by molar-refractivity contribution is 7.98. The number of aromatic amines is 1. The van der Waals surface area contributed by atoms with Gasteiger partial charge in [-0.1, -0.05) is 35.5 Å². The lowest BCUT2D eigenvalue weighted by Crippen LogP contribution is -2.06. The van der Waals surface area contributed by atoms with Gasteiger partial charge in [0.2, 0.25) is 5.88 Å². The molecule has 112 valence electrons. The fraction of sp³-hybridized carbons (Fsp3) is 0.133. The summed E-state index contributed by atoms with van der Waals surface area (Å²) in [5.74, 6) is 0.305. The normalized spacial score (nSPS) is 10.8. The van der Waals surface area contributed by atoms with Crippen molar-refractivity contribution in [3.8, 4) is 16.5 Å². The van der Waals surface area contributed by atoms with Gasteiger partial charge in [-0.3, -0.25) is 4.79 Å². The molecule has 7 heteroatoms. The van der Waals surface area contributed by atoms with Gasteiger partial charge in [0.15, 0.2) is 5.16 Å². The lowest BCUT2D eigenvalue weighted by molar-refractivity contribution is 0.444. The largest absolute Gasteiger partial charge is 0.493 e. The molecule has 0 spiro atoms. The molecule has 0 unspecified atom stereocenters. The van der Waals surface area contributed by atoms with Crippen LogP contribution in [0, 0.1) is 6.92 Å². The van der Waals surface area contributed by atoms with Crippen molar-refractivity contribution in [1.29, 1.82) is 0 Å². The van der Waals surface area contributed by atoms with Crippen LogP contribution in [0.3, 0.4) is 0 Å². The minimum Gasteiger partial charge on any atom is -0.493 e.